The number of hydrogen-bond donors (Lipinski definition) is 1. The molecule has 0 spiro atoms. The van der Waals surface area contributed by atoms with E-state index in [0.717, 1.165) is 5.56 Å². The molecular formula is C25H20N2O5. The van der Waals surface area contributed by atoms with Crippen LogP contribution >= 0.6 is 0 Å². The van der Waals surface area contributed by atoms with Crippen molar-refractivity contribution < 1.29 is 23.8 Å². The maximum atomic E-state index is 13.2. The first-order chi connectivity index (χ1) is 15.6. The number of ether oxygens (including phenoxy) is 3. The van der Waals surface area contributed by atoms with Crippen molar-refractivity contribution in [2.75, 3.05) is 23.6 Å². The molecule has 2 amide bonds. The first-order valence-corrected chi connectivity index (χ1v) is 10.2. The van der Waals surface area contributed by atoms with Crippen molar-refractivity contribution in [3.8, 4) is 23.0 Å². The maximum Gasteiger partial charge on any atom is 0.262 e. The number of nitrogens with one attached hydrogen (secondary N) is 1. The standard InChI is InChI=1S/C25H20N2O5/c1-2-27-19-5-3-4-6-21(19)32-20-11-9-17(14-18(20)25(27)29)26-24(28)12-8-16-7-10-22-23(13-16)31-15-30-22/h3-14H,2,15H2,1H3,(H,26,28)/b12-8+. The minimum Gasteiger partial charge on any atom is -0.454 e. The molecule has 0 aromatic heterocycles. The molecule has 7 heteroatoms. The number of para-hydroxylation sites is 2. The zero-order chi connectivity index (χ0) is 22.1. The van der Waals surface area contributed by atoms with Crippen molar-refractivity contribution in [2.24, 2.45) is 0 Å². The summed E-state index contributed by atoms with van der Waals surface area (Å²) in [5.41, 5.74) is 2.42. The Morgan fingerprint density at radius 2 is 1.81 bits per heavy atom. The van der Waals surface area contributed by atoms with E-state index in [1.165, 1.54) is 6.08 Å². The second-order valence-electron chi connectivity index (χ2n) is 7.27. The van der Waals surface area contributed by atoms with Gasteiger partial charge in [-0.1, -0.05) is 18.2 Å². The largest absolute Gasteiger partial charge is 0.454 e. The maximum absolute atomic E-state index is 13.2. The molecule has 0 bridgehead atoms. The number of carbonyl (C=O) groups excluding carboxylic acids is 2. The minimum absolute atomic E-state index is 0.181. The molecule has 0 aliphatic carbocycles. The Bertz CT molecular complexity index is 1250. The zero-order valence-electron chi connectivity index (χ0n) is 17.3. The van der Waals surface area contributed by atoms with Gasteiger partial charge in [0.2, 0.25) is 12.7 Å². The molecule has 5 rings (SSSR count). The molecular weight excluding hydrogens is 408 g/mol. The third-order valence-corrected chi connectivity index (χ3v) is 5.24. The first kappa shape index (κ1) is 19.7. The number of carbonyl (C=O) groups is 2. The molecule has 160 valence electrons. The Balaban J connectivity index is 1.36. The molecule has 1 N–H and O–H groups in total. The summed E-state index contributed by atoms with van der Waals surface area (Å²) in [7, 11) is 0. The molecule has 2 heterocycles. The van der Waals surface area contributed by atoms with E-state index in [1.807, 2.05) is 43.3 Å². The third-order valence-electron chi connectivity index (χ3n) is 5.24. The topological polar surface area (TPSA) is 77.1 Å². The summed E-state index contributed by atoms with van der Waals surface area (Å²) >= 11 is 0. The normalized spacial score (nSPS) is 13.9. The van der Waals surface area contributed by atoms with Crippen LogP contribution in [0.4, 0.5) is 11.4 Å². The molecule has 0 unspecified atom stereocenters. The van der Waals surface area contributed by atoms with Crippen LogP contribution in [0, 0.1) is 0 Å². The van der Waals surface area contributed by atoms with Gasteiger partial charge in [0.25, 0.3) is 5.91 Å². The highest BCUT2D eigenvalue weighted by molar-refractivity contribution is 6.11. The Morgan fingerprint density at radius 3 is 2.69 bits per heavy atom. The molecule has 3 aromatic carbocycles. The number of rotatable bonds is 4. The second kappa shape index (κ2) is 8.11. The zero-order valence-corrected chi connectivity index (χ0v) is 17.3. The summed E-state index contributed by atoms with van der Waals surface area (Å²) in [6, 6.07) is 17.9. The van der Waals surface area contributed by atoms with Crippen molar-refractivity contribution in [2.45, 2.75) is 6.92 Å². The number of fused-ring (bicyclic) bond motifs is 3. The summed E-state index contributed by atoms with van der Waals surface area (Å²) in [6.07, 6.45) is 3.11. The molecule has 7 nitrogen and oxygen atoms in total. The van der Waals surface area contributed by atoms with Crippen LogP contribution in [0.2, 0.25) is 0 Å². The predicted octanol–water partition coefficient (Wildman–Crippen LogP) is 4.84. The van der Waals surface area contributed by atoms with E-state index in [4.69, 9.17) is 14.2 Å². The number of anilines is 2. The molecule has 0 saturated heterocycles. The lowest BCUT2D eigenvalue weighted by Gasteiger charge is -2.19. The lowest BCUT2D eigenvalue weighted by atomic mass is 10.1. The average molecular weight is 428 g/mol. The molecule has 3 aromatic rings. The van der Waals surface area contributed by atoms with Crippen molar-refractivity contribution in [1.29, 1.82) is 0 Å². The van der Waals surface area contributed by atoms with Crippen LogP contribution in [0.15, 0.2) is 66.7 Å². The van der Waals surface area contributed by atoms with Crippen LogP contribution in [0.1, 0.15) is 22.8 Å². The van der Waals surface area contributed by atoms with Gasteiger partial charge in [0.1, 0.15) is 5.75 Å². The second-order valence-corrected chi connectivity index (χ2v) is 7.27. The Hall–Kier alpha value is -4.26. The average Bonchev–Trinajstić information content (AvgIpc) is 3.23. The summed E-state index contributed by atoms with van der Waals surface area (Å²) in [5.74, 6) is 1.90. The molecule has 0 fully saturated rings. The van der Waals surface area contributed by atoms with Crippen LogP contribution in [0.5, 0.6) is 23.0 Å². The van der Waals surface area contributed by atoms with Gasteiger partial charge < -0.3 is 24.4 Å². The van der Waals surface area contributed by atoms with E-state index in [-0.39, 0.29) is 18.6 Å². The molecule has 0 atom stereocenters. The van der Waals surface area contributed by atoms with Crippen LogP contribution < -0.4 is 24.4 Å². The van der Waals surface area contributed by atoms with Gasteiger partial charge in [-0.2, -0.15) is 0 Å². The van der Waals surface area contributed by atoms with Gasteiger partial charge in [-0.15, -0.1) is 0 Å². The predicted molar refractivity (Wildman–Crippen MR) is 121 cm³/mol. The van der Waals surface area contributed by atoms with Crippen molar-refractivity contribution in [3.63, 3.8) is 0 Å². The van der Waals surface area contributed by atoms with Gasteiger partial charge in [-0.3, -0.25) is 9.59 Å². The Labute approximate surface area is 184 Å². The van der Waals surface area contributed by atoms with E-state index in [2.05, 4.69) is 5.32 Å². The highest BCUT2D eigenvalue weighted by atomic mass is 16.7. The third kappa shape index (κ3) is 3.65. The van der Waals surface area contributed by atoms with Crippen molar-refractivity contribution in [3.05, 3.63) is 77.9 Å². The van der Waals surface area contributed by atoms with E-state index < -0.39 is 0 Å². The smallest absolute Gasteiger partial charge is 0.262 e. The lowest BCUT2D eigenvalue weighted by Crippen LogP contribution is -2.29. The highest BCUT2D eigenvalue weighted by Crippen LogP contribution is 2.39. The molecule has 2 aliphatic heterocycles. The van der Waals surface area contributed by atoms with Gasteiger partial charge in [0, 0.05) is 18.3 Å². The van der Waals surface area contributed by atoms with Crippen LogP contribution in [0.25, 0.3) is 6.08 Å². The quantitative estimate of drug-likeness (QED) is 0.602. The number of hydrogen-bond acceptors (Lipinski definition) is 5. The number of nitrogens with zero attached hydrogens (tertiary/aromatic N) is 1. The Kier molecular flexibility index (Phi) is 4.99. The van der Waals surface area contributed by atoms with Crippen molar-refractivity contribution in [1.82, 2.24) is 0 Å². The monoisotopic (exact) mass is 428 g/mol. The van der Waals surface area contributed by atoms with Gasteiger partial charge in [0.15, 0.2) is 17.2 Å². The fourth-order valence-corrected chi connectivity index (χ4v) is 3.69. The first-order valence-electron chi connectivity index (χ1n) is 10.2. The summed E-state index contributed by atoms with van der Waals surface area (Å²) in [5, 5.41) is 2.80. The SMILES string of the molecule is CCN1C(=O)c2cc(NC(=O)/C=C/c3ccc4c(c3)OCO4)ccc2Oc2ccccc21. The van der Waals surface area contributed by atoms with Crippen molar-refractivity contribution >= 4 is 29.3 Å². The molecule has 0 saturated carbocycles. The minimum atomic E-state index is -0.319. The Morgan fingerprint density at radius 1 is 1.00 bits per heavy atom. The van der Waals surface area contributed by atoms with E-state index in [0.29, 0.717) is 46.5 Å². The van der Waals surface area contributed by atoms with Crippen LogP contribution in [-0.4, -0.2) is 25.2 Å². The van der Waals surface area contributed by atoms with Gasteiger partial charge >= 0.3 is 0 Å². The fourth-order valence-electron chi connectivity index (χ4n) is 3.69. The molecule has 2 aliphatic rings. The molecule has 0 radical (unpaired) electrons. The summed E-state index contributed by atoms with van der Waals surface area (Å²) < 4.78 is 16.6. The van der Waals surface area contributed by atoms with E-state index in [1.54, 1.807) is 35.2 Å². The van der Waals surface area contributed by atoms with Gasteiger partial charge in [-0.25, -0.2) is 0 Å². The fraction of sp³-hybridized carbons (Fsp3) is 0.120. The van der Waals surface area contributed by atoms with Crippen LogP contribution in [0.3, 0.4) is 0 Å². The number of benzene rings is 3. The summed E-state index contributed by atoms with van der Waals surface area (Å²) in [4.78, 5) is 27.3. The lowest BCUT2D eigenvalue weighted by molar-refractivity contribution is -0.111. The van der Waals surface area contributed by atoms with E-state index in [9.17, 15) is 9.59 Å². The summed E-state index contributed by atoms with van der Waals surface area (Å²) in [6.45, 7) is 2.60. The van der Waals surface area contributed by atoms with Crippen LogP contribution in [-0.2, 0) is 4.79 Å². The van der Waals surface area contributed by atoms with E-state index >= 15 is 0 Å². The molecule has 32 heavy (non-hydrogen) atoms. The van der Waals surface area contributed by atoms with Gasteiger partial charge in [0.05, 0.1) is 11.3 Å². The van der Waals surface area contributed by atoms with Gasteiger partial charge in [-0.05, 0) is 61.0 Å². The highest BCUT2D eigenvalue weighted by Gasteiger charge is 2.27. The number of amides is 2.